The number of nitrogens with one attached hydrogen (secondary N) is 1. The molecule has 0 aliphatic carbocycles. The van der Waals surface area contributed by atoms with Gasteiger partial charge in [-0.1, -0.05) is 13.2 Å². The second kappa shape index (κ2) is 8.96. The van der Waals surface area contributed by atoms with E-state index in [1.807, 2.05) is 0 Å². The second-order valence-corrected chi connectivity index (χ2v) is 2.90. The highest BCUT2D eigenvalue weighted by atomic mass is 16.3. The molecule has 0 aromatic carbocycles. The van der Waals surface area contributed by atoms with Gasteiger partial charge in [-0.25, -0.2) is 0 Å². The minimum atomic E-state index is -0.435. The van der Waals surface area contributed by atoms with Crippen molar-refractivity contribution < 1.29 is 14.7 Å². The molecule has 0 saturated heterocycles. The Balaban J connectivity index is 0. The van der Waals surface area contributed by atoms with E-state index in [2.05, 4.69) is 18.5 Å². The highest BCUT2D eigenvalue weighted by Gasteiger charge is 1.97. The summed E-state index contributed by atoms with van der Waals surface area (Å²) < 4.78 is 0. The highest BCUT2D eigenvalue weighted by molar-refractivity contribution is 5.92. The molecule has 0 bridgehead atoms. The molecule has 0 heterocycles. The Labute approximate surface area is 89.7 Å². The Hall–Kier alpha value is -1.62. The van der Waals surface area contributed by atoms with Crippen molar-refractivity contribution >= 4 is 11.8 Å². The van der Waals surface area contributed by atoms with Gasteiger partial charge < -0.3 is 16.2 Å². The summed E-state index contributed by atoms with van der Waals surface area (Å²) in [7, 11) is 0. The molecule has 0 atom stereocenters. The average Bonchev–Trinajstić information content (AvgIpc) is 2.14. The maximum absolute atomic E-state index is 10.6. The minimum Gasteiger partial charge on any atom is -0.395 e. The topological polar surface area (TPSA) is 92.4 Å². The van der Waals surface area contributed by atoms with Crippen LogP contribution < -0.4 is 11.1 Å². The minimum absolute atomic E-state index is 0.0288. The van der Waals surface area contributed by atoms with Gasteiger partial charge in [-0.3, -0.25) is 9.59 Å². The molecule has 0 spiro atoms. The molecular weight excluding hydrogens is 196 g/mol. The molecule has 2 amide bonds. The van der Waals surface area contributed by atoms with Crippen molar-refractivity contribution in [1.82, 2.24) is 5.32 Å². The third-order valence-electron chi connectivity index (χ3n) is 1.21. The second-order valence-electron chi connectivity index (χ2n) is 2.90. The smallest absolute Gasteiger partial charge is 0.246 e. The summed E-state index contributed by atoms with van der Waals surface area (Å²) in [5, 5.41) is 10.7. The van der Waals surface area contributed by atoms with Crippen molar-refractivity contribution in [1.29, 1.82) is 0 Å². The number of carbonyl (C=O) groups excluding carboxylic acids is 2. The van der Waals surface area contributed by atoms with Crippen molar-refractivity contribution in [3.05, 3.63) is 24.3 Å². The first-order chi connectivity index (χ1) is 6.82. The van der Waals surface area contributed by atoms with Gasteiger partial charge in [0, 0.05) is 17.7 Å². The van der Waals surface area contributed by atoms with E-state index in [9.17, 15) is 9.59 Å². The largest absolute Gasteiger partial charge is 0.395 e. The molecule has 0 radical (unpaired) electrons. The van der Waals surface area contributed by atoms with Crippen LogP contribution in [0.4, 0.5) is 0 Å². The van der Waals surface area contributed by atoms with Crippen LogP contribution in [0.15, 0.2) is 24.3 Å². The van der Waals surface area contributed by atoms with Crippen LogP contribution in [0.1, 0.15) is 13.8 Å². The van der Waals surface area contributed by atoms with E-state index >= 15 is 0 Å². The van der Waals surface area contributed by atoms with Gasteiger partial charge in [0.25, 0.3) is 0 Å². The maximum Gasteiger partial charge on any atom is 0.246 e. The Kier molecular flexibility index (Phi) is 9.45. The first-order valence-electron chi connectivity index (χ1n) is 4.32. The molecule has 0 rings (SSSR count). The van der Waals surface area contributed by atoms with Gasteiger partial charge in [-0.05, 0) is 13.8 Å². The van der Waals surface area contributed by atoms with Crippen molar-refractivity contribution in [2.45, 2.75) is 13.8 Å². The summed E-state index contributed by atoms with van der Waals surface area (Å²) in [6.07, 6.45) is 0. The van der Waals surface area contributed by atoms with Crippen molar-refractivity contribution in [3.63, 3.8) is 0 Å². The molecule has 0 aliphatic rings. The van der Waals surface area contributed by atoms with E-state index in [0.717, 1.165) is 0 Å². The lowest BCUT2D eigenvalue weighted by molar-refractivity contribution is -0.117. The van der Waals surface area contributed by atoms with E-state index in [1.54, 1.807) is 13.8 Å². The zero-order valence-electron chi connectivity index (χ0n) is 9.17. The molecule has 0 fully saturated rings. The number of nitrogens with two attached hydrogens (primary N) is 1. The standard InChI is InChI=1S/C6H11NO2.C4H7NO/c1-5(2)6(9)7-3-4-8;1-3(2)4(5)6/h8H,1,3-4H2,2H3,(H,7,9);1H2,2H3,(H2,5,6). The number of primary amides is 1. The molecule has 5 nitrogen and oxygen atoms in total. The lowest BCUT2D eigenvalue weighted by atomic mass is 10.3. The number of hydrogen-bond donors (Lipinski definition) is 3. The SMILES string of the molecule is C=C(C)C(=O)NCCO.C=C(C)C(N)=O. The summed E-state index contributed by atoms with van der Waals surface area (Å²) in [6, 6.07) is 0. The summed E-state index contributed by atoms with van der Waals surface area (Å²) in [4.78, 5) is 20.4. The van der Waals surface area contributed by atoms with Crippen LogP contribution in [0.2, 0.25) is 0 Å². The number of amides is 2. The van der Waals surface area contributed by atoms with E-state index in [1.165, 1.54) is 0 Å². The zero-order valence-corrected chi connectivity index (χ0v) is 9.17. The fourth-order valence-corrected chi connectivity index (χ4v) is 0.320. The van der Waals surface area contributed by atoms with E-state index < -0.39 is 5.91 Å². The first kappa shape index (κ1) is 15.8. The third kappa shape index (κ3) is 12.4. The fourth-order valence-electron chi connectivity index (χ4n) is 0.320. The van der Waals surface area contributed by atoms with Crippen molar-refractivity contribution in [2.75, 3.05) is 13.2 Å². The van der Waals surface area contributed by atoms with Crippen LogP contribution in [0, 0.1) is 0 Å². The molecule has 86 valence electrons. The zero-order chi connectivity index (χ0) is 12.4. The van der Waals surface area contributed by atoms with Crippen LogP contribution in [0.25, 0.3) is 0 Å². The molecule has 15 heavy (non-hydrogen) atoms. The lowest BCUT2D eigenvalue weighted by Gasteiger charge is -1.99. The maximum atomic E-state index is 10.6. The molecule has 0 saturated carbocycles. The Bertz CT molecular complexity index is 247. The summed E-state index contributed by atoms with van der Waals surface area (Å²) in [6.45, 7) is 10.2. The van der Waals surface area contributed by atoms with Gasteiger partial charge >= 0.3 is 0 Å². The van der Waals surface area contributed by atoms with Gasteiger partial charge in [0.2, 0.25) is 11.8 Å². The van der Waals surface area contributed by atoms with E-state index in [0.29, 0.717) is 17.7 Å². The molecule has 0 aromatic heterocycles. The third-order valence-corrected chi connectivity index (χ3v) is 1.21. The number of aliphatic hydroxyl groups excluding tert-OH is 1. The summed E-state index contributed by atoms with van der Waals surface area (Å²) >= 11 is 0. The molecule has 5 heteroatoms. The number of rotatable bonds is 4. The first-order valence-corrected chi connectivity index (χ1v) is 4.32. The highest BCUT2D eigenvalue weighted by Crippen LogP contribution is 1.83. The van der Waals surface area contributed by atoms with Gasteiger partial charge in [-0.2, -0.15) is 0 Å². The van der Waals surface area contributed by atoms with E-state index in [-0.39, 0.29) is 12.5 Å². The Morgan fingerprint density at radius 2 is 1.67 bits per heavy atom. The number of carbonyl (C=O) groups is 2. The molecular formula is C10H18N2O3. The number of aliphatic hydroxyl groups is 1. The normalized spacial score (nSPS) is 8.20. The Morgan fingerprint density at radius 1 is 1.27 bits per heavy atom. The molecule has 0 unspecified atom stereocenters. The van der Waals surface area contributed by atoms with Gasteiger partial charge in [-0.15, -0.1) is 0 Å². The predicted octanol–water partition coefficient (Wildman–Crippen LogP) is -0.281. The summed E-state index contributed by atoms with van der Waals surface area (Å²) in [5.74, 6) is -0.640. The van der Waals surface area contributed by atoms with Crippen LogP contribution >= 0.6 is 0 Å². The van der Waals surface area contributed by atoms with Crippen LogP contribution in [0.3, 0.4) is 0 Å². The quantitative estimate of drug-likeness (QED) is 0.562. The Morgan fingerprint density at radius 3 is 1.87 bits per heavy atom. The fraction of sp³-hybridized carbons (Fsp3) is 0.400. The number of hydrogen-bond acceptors (Lipinski definition) is 3. The predicted molar refractivity (Wildman–Crippen MR) is 58.9 cm³/mol. The van der Waals surface area contributed by atoms with Crippen molar-refractivity contribution in [2.24, 2.45) is 5.73 Å². The van der Waals surface area contributed by atoms with Crippen LogP contribution in [-0.2, 0) is 9.59 Å². The van der Waals surface area contributed by atoms with Gasteiger partial charge in [0.15, 0.2) is 0 Å². The van der Waals surface area contributed by atoms with E-state index in [4.69, 9.17) is 10.8 Å². The average molecular weight is 214 g/mol. The summed E-state index contributed by atoms with van der Waals surface area (Å²) in [5.41, 5.74) is 5.56. The molecule has 4 N–H and O–H groups in total. The monoisotopic (exact) mass is 214 g/mol. The molecule has 0 aliphatic heterocycles. The van der Waals surface area contributed by atoms with Gasteiger partial charge in [0.1, 0.15) is 0 Å². The van der Waals surface area contributed by atoms with Crippen LogP contribution in [-0.4, -0.2) is 30.1 Å². The molecule has 0 aromatic rings. The lowest BCUT2D eigenvalue weighted by Crippen LogP contribution is -2.26. The van der Waals surface area contributed by atoms with Crippen LogP contribution in [0.5, 0.6) is 0 Å². The van der Waals surface area contributed by atoms with Gasteiger partial charge in [0.05, 0.1) is 6.61 Å². The van der Waals surface area contributed by atoms with Crippen molar-refractivity contribution in [3.8, 4) is 0 Å².